The van der Waals surface area contributed by atoms with Crippen LogP contribution >= 0.6 is 0 Å². The number of aromatic nitrogens is 1. The van der Waals surface area contributed by atoms with Crippen LogP contribution in [0.2, 0.25) is 0 Å². The number of anilines is 2. The molecule has 2 amide bonds. The van der Waals surface area contributed by atoms with Crippen molar-refractivity contribution >= 4 is 23.2 Å². The van der Waals surface area contributed by atoms with E-state index in [1.165, 1.54) is 65.1 Å². The molecule has 2 N–H and O–H groups in total. The van der Waals surface area contributed by atoms with E-state index in [-0.39, 0.29) is 23.6 Å². The fraction of sp³-hybridized carbons (Fsp3) is 0.189. The SMILES string of the molecule is C[C@@H]1Cc2ccccc2CN1C(=O)c1ccc(F)cc1-c1cc(C(=O)N(c2ccc(O)cc2)c2ccc(F)cc2)c2n1CCNC2. The first-order chi connectivity index (χ1) is 22.3. The Morgan fingerprint density at radius 3 is 2.26 bits per heavy atom. The number of fused-ring (bicyclic) bond motifs is 2. The van der Waals surface area contributed by atoms with Gasteiger partial charge in [0.15, 0.2) is 0 Å². The number of rotatable bonds is 5. The van der Waals surface area contributed by atoms with Crippen LogP contribution in [0.3, 0.4) is 0 Å². The summed E-state index contributed by atoms with van der Waals surface area (Å²) in [5.41, 5.74) is 5.61. The second-order valence-electron chi connectivity index (χ2n) is 11.8. The number of phenolic OH excluding ortho intramolecular Hbond substituents is 1. The van der Waals surface area contributed by atoms with Gasteiger partial charge in [0, 0.05) is 60.4 Å². The Kier molecular flexibility index (Phi) is 7.62. The van der Waals surface area contributed by atoms with Gasteiger partial charge in [0.25, 0.3) is 11.8 Å². The second kappa shape index (κ2) is 11.9. The van der Waals surface area contributed by atoms with E-state index in [9.17, 15) is 23.5 Å². The molecule has 3 heterocycles. The normalized spacial score (nSPS) is 15.6. The van der Waals surface area contributed by atoms with E-state index in [2.05, 4.69) is 11.4 Å². The molecule has 0 fully saturated rings. The fourth-order valence-corrected chi connectivity index (χ4v) is 6.56. The fourth-order valence-electron chi connectivity index (χ4n) is 6.56. The summed E-state index contributed by atoms with van der Waals surface area (Å²) in [6, 6.07) is 25.7. The lowest BCUT2D eigenvalue weighted by molar-refractivity contribution is 0.0659. The molecule has 232 valence electrons. The van der Waals surface area contributed by atoms with Gasteiger partial charge in [-0.3, -0.25) is 14.5 Å². The number of carbonyl (C=O) groups is 2. The summed E-state index contributed by atoms with van der Waals surface area (Å²) >= 11 is 0. The van der Waals surface area contributed by atoms with Crippen molar-refractivity contribution in [1.29, 1.82) is 0 Å². The second-order valence-corrected chi connectivity index (χ2v) is 11.8. The molecule has 0 bridgehead atoms. The van der Waals surface area contributed by atoms with Gasteiger partial charge in [-0.05, 0) is 97.3 Å². The van der Waals surface area contributed by atoms with Gasteiger partial charge in [-0.25, -0.2) is 8.78 Å². The molecule has 5 aromatic rings. The highest BCUT2D eigenvalue weighted by molar-refractivity contribution is 6.12. The monoisotopic (exact) mass is 618 g/mol. The molecule has 9 heteroatoms. The Labute approximate surface area is 265 Å². The molecule has 0 unspecified atom stereocenters. The highest BCUT2D eigenvalue weighted by Gasteiger charge is 2.32. The largest absolute Gasteiger partial charge is 0.508 e. The van der Waals surface area contributed by atoms with Crippen molar-refractivity contribution in [2.24, 2.45) is 0 Å². The number of nitrogens with zero attached hydrogens (tertiary/aromatic N) is 3. The van der Waals surface area contributed by atoms with E-state index in [4.69, 9.17) is 0 Å². The summed E-state index contributed by atoms with van der Waals surface area (Å²) in [5.74, 6) is -1.48. The van der Waals surface area contributed by atoms with Gasteiger partial charge in [-0.2, -0.15) is 0 Å². The number of amides is 2. The number of hydrogen-bond acceptors (Lipinski definition) is 4. The topological polar surface area (TPSA) is 77.8 Å². The summed E-state index contributed by atoms with van der Waals surface area (Å²) in [5, 5.41) is 13.2. The number of phenols is 1. The Morgan fingerprint density at radius 1 is 0.848 bits per heavy atom. The van der Waals surface area contributed by atoms with E-state index in [0.29, 0.717) is 65.6 Å². The molecule has 0 aliphatic carbocycles. The number of nitrogens with one attached hydrogen (secondary N) is 1. The quantitative estimate of drug-likeness (QED) is 0.227. The highest BCUT2D eigenvalue weighted by atomic mass is 19.1. The predicted molar refractivity (Wildman–Crippen MR) is 172 cm³/mol. The first kappa shape index (κ1) is 29.4. The summed E-state index contributed by atoms with van der Waals surface area (Å²) in [7, 11) is 0. The summed E-state index contributed by atoms with van der Waals surface area (Å²) in [6.07, 6.45) is 0.722. The van der Waals surface area contributed by atoms with E-state index >= 15 is 0 Å². The van der Waals surface area contributed by atoms with Crippen LogP contribution in [-0.4, -0.2) is 39.0 Å². The third kappa shape index (κ3) is 5.32. The molecule has 7 rings (SSSR count). The van der Waals surface area contributed by atoms with Gasteiger partial charge in [-0.15, -0.1) is 0 Å². The third-order valence-corrected chi connectivity index (χ3v) is 8.89. The van der Waals surface area contributed by atoms with Crippen molar-refractivity contribution in [3.05, 3.63) is 137 Å². The number of aromatic hydroxyl groups is 1. The number of hydrogen-bond donors (Lipinski definition) is 2. The lowest BCUT2D eigenvalue weighted by Crippen LogP contribution is -2.42. The average Bonchev–Trinajstić information content (AvgIpc) is 3.45. The van der Waals surface area contributed by atoms with Crippen LogP contribution in [0.4, 0.5) is 20.2 Å². The van der Waals surface area contributed by atoms with Crippen LogP contribution in [0.1, 0.15) is 44.5 Å². The van der Waals surface area contributed by atoms with Crippen LogP contribution in [0.25, 0.3) is 11.3 Å². The standard InChI is InChI=1S/C37H32F2N4O3/c1-23-18-24-4-2-3-5-25(24)22-42(23)36(45)31-15-8-27(39)19-32(31)34-20-33(35-21-40-16-17-41(34)35)37(46)43(28-9-6-26(38)7-10-28)29-11-13-30(44)14-12-29/h2-15,19-20,23,40,44H,16-18,21-22H2,1H3/t23-/m1/s1. The predicted octanol–water partition coefficient (Wildman–Crippen LogP) is 6.81. The highest BCUT2D eigenvalue weighted by Crippen LogP contribution is 2.36. The summed E-state index contributed by atoms with van der Waals surface area (Å²) < 4.78 is 30.9. The first-order valence-corrected chi connectivity index (χ1v) is 15.3. The van der Waals surface area contributed by atoms with Crippen LogP contribution < -0.4 is 10.2 Å². The number of carbonyl (C=O) groups excluding carboxylic acids is 2. The van der Waals surface area contributed by atoms with Crippen LogP contribution in [0.15, 0.2) is 97.1 Å². The minimum absolute atomic E-state index is 0.0396. The van der Waals surface area contributed by atoms with Crippen molar-refractivity contribution in [3.8, 4) is 17.0 Å². The van der Waals surface area contributed by atoms with Crippen molar-refractivity contribution in [2.45, 2.75) is 39.0 Å². The van der Waals surface area contributed by atoms with E-state index in [1.807, 2.05) is 34.6 Å². The van der Waals surface area contributed by atoms with Crippen molar-refractivity contribution in [2.75, 3.05) is 11.4 Å². The smallest absolute Gasteiger partial charge is 0.264 e. The van der Waals surface area contributed by atoms with Crippen molar-refractivity contribution < 1.29 is 23.5 Å². The molecule has 7 nitrogen and oxygen atoms in total. The van der Waals surface area contributed by atoms with Gasteiger partial charge in [0.05, 0.1) is 11.3 Å². The van der Waals surface area contributed by atoms with Crippen LogP contribution in [-0.2, 0) is 26.1 Å². The van der Waals surface area contributed by atoms with Gasteiger partial charge in [-0.1, -0.05) is 24.3 Å². The average molecular weight is 619 g/mol. The zero-order valence-electron chi connectivity index (χ0n) is 25.2. The Morgan fingerprint density at radius 2 is 1.52 bits per heavy atom. The van der Waals surface area contributed by atoms with Crippen molar-refractivity contribution in [3.63, 3.8) is 0 Å². The minimum atomic E-state index is -0.488. The molecule has 0 spiro atoms. The molecule has 0 radical (unpaired) electrons. The molecule has 0 saturated carbocycles. The minimum Gasteiger partial charge on any atom is -0.508 e. The van der Waals surface area contributed by atoms with Gasteiger partial charge >= 0.3 is 0 Å². The van der Waals surface area contributed by atoms with E-state index in [0.717, 1.165) is 12.0 Å². The Balaban J connectivity index is 1.33. The summed E-state index contributed by atoms with van der Waals surface area (Å²) in [4.78, 5) is 32.0. The molecule has 1 aromatic heterocycles. The van der Waals surface area contributed by atoms with Gasteiger partial charge < -0.3 is 19.9 Å². The first-order valence-electron chi connectivity index (χ1n) is 15.3. The summed E-state index contributed by atoms with van der Waals surface area (Å²) in [6.45, 7) is 3.98. The third-order valence-electron chi connectivity index (χ3n) is 8.89. The maximum absolute atomic E-state index is 15.0. The maximum Gasteiger partial charge on any atom is 0.264 e. The number of benzene rings is 4. The van der Waals surface area contributed by atoms with E-state index in [1.54, 1.807) is 18.2 Å². The molecular weight excluding hydrogens is 586 g/mol. The molecule has 0 saturated heterocycles. The molecule has 46 heavy (non-hydrogen) atoms. The molecule has 2 aliphatic heterocycles. The molecule has 1 atom stereocenters. The molecule has 4 aromatic carbocycles. The Hall–Kier alpha value is -5.28. The molecule has 2 aliphatic rings. The lowest BCUT2D eigenvalue weighted by atomic mass is 9.93. The van der Waals surface area contributed by atoms with Crippen molar-refractivity contribution in [1.82, 2.24) is 14.8 Å². The molecular formula is C37H32F2N4O3. The van der Waals surface area contributed by atoms with Crippen LogP contribution in [0, 0.1) is 11.6 Å². The van der Waals surface area contributed by atoms with Gasteiger partial charge in [0.2, 0.25) is 0 Å². The Bertz CT molecular complexity index is 1910. The lowest BCUT2D eigenvalue weighted by Gasteiger charge is -2.35. The van der Waals surface area contributed by atoms with E-state index < -0.39 is 11.6 Å². The number of halogens is 2. The zero-order chi connectivity index (χ0) is 31.9. The van der Waals surface area contributed by atoms with Gasteiger partial charge in [0.1, 0.15) is 17.4 Å². The maximum atomic E-state index is 15.0. The van der Waals surface area contributed by atoms with Crippen LogP contribution in [0.5, 0.6) is 5.75 Å². The zero-order valence-corrected chi connectivity index (χ0v) is 25.2.